The highest BCUT2D eigenvalue weighted by Crippen LogP contribution is 2.55. The van der Waals surface area contributed by atoms with Gasteiger partial charge < -0.3 is 20.1 Å². The van der Waals surface area contributed by atoms with Crippen molar-refractivity contribution >= 4 is 22.7 Å². The van der Waals surface area contributed by atoms with E-state index in [4.69, 9.17) is 4.74 Å². The Labute approximate surface area is 223 Å². The number of hydrogen-bond donors (Lipinski definition) is 3. The number of carbonyl (C=O) groups excluding carboxylic acids is 2. The van der Waals surface area contributed by atoms with Crippen LogP contribution in [0.2, 0.25) is 0 Å². The van der Waals surface area contributed by atoms with Crippen LogP contribution in [0.15, 0.2) is 42.5 Å². The number of nitrogens with zero attached hydrogens (tertiary/aromatic N) is 1. The number of benzene rings is 2. The van der Waals surface area contributed by atoms with E-state index in [0.717, 1.165) is 33.5 Å². The molecule has 0 radical (unpaired) electrons. The van der Waals surface area contributed by atoms with Crippen LogP contribution in [0.5, 0.6) is 11.5 Å². The maximum atomic E-state index is 14.3. The van der Waals surface area contributed by atoms with E-state index in [0.29, 0.717) is 45.0 Å². The Morgan fingerprint density at radius 3 is 2.74 bits per heavy atom. The number of phenolic OH excluding ortho intramolecular Hbond substituents is 1. The molecule has 3 N–H and O–H groups in total. The lowest BCUT2D eigenvalue weighted by Gasteiger charge is -2.45. The molecule has 1 aliphatic heterocycles. The maximum Gasteiger partial charge on any atom is 0.235 e. The zero-order chi connectivity index (χ0) is 26.4. The van der Waals surface area contributed by atoms with Gasteiger partial charge in [0.05, 0.1) is 12.0 Å². The minimum atomic E-state index is -0.761. The van der Waals surface area contributed by atoms with Crippen LogP contribution in [-0.2, 0) is 16.0 Å². The molecule has 1 unspecified atom stereocenters. The van der Waals surface area contributed by atoms with Gasteiger partial charge in [0.1, 0.15) is 11.5 Å². The highest BCUT2D eigenvalue weighted by molar-refractivity contribution is 6.00. The Kier molecular flexibility index (Phi) is 6.42. The van der Waals surface area contributed by atoms with Crippen molar-refractivity contribution in [3.8, 4) is 11.5 Å². The van der Waals surface area contributed by atoms with Crippen molar-refractivity contribution < 1.29 is 19.4 Å². The van der Waals surface area contributed by atoms with Crippen LogP contribution in [0.25, 0.3) is 10.9 Å². The lowest BCUT2D eigenvalue weighted by atomic mass is 9.59. The van der Waals surface area contributed by atoms with E-state index in [-0.39, 0.29) is 29.4 Å². The molecule has 2 amide bonds. The highest BCUT2D eigenvalue weighted by atomic mass is 16.5. The smallest absolute Gasteiger partial charge is 0.235 e. The normalized spacial score (nSPS) is 25.6. The van der Waals surface area contributed by atoms with E-state index in [1.165, 1.54) is 24.2 Å². The van der Waals surface area contributed by atoms with Gasteiger partial charge in [-0.15, -0.1) is 0 Å². The molecule has 6 rings (SSSR count). The lowest BCUT2D eigenvalue weighted by molar-refractivity contribution is -0.151. The molecule has 2 fully saturated rings. The molecule has 0 spiro atoms. The van der Waals surface area contributed by atoms with Crippen molar-refractivity contribution in [3.63, 3.8) is 0 Å². The molecule has 1 aromatic heterocycles. The van der Waals surface area contributed by atoms with E-state index < -0.39 is 5.41 Å². The second-order valence-electron chi connectivity index (χ2n) is 11.4. The number of nitrogens with one attached hydrogen (secondary N) is 2. The number of phenols is 1. The number of likely N-dealkylation sites (tertiary alicyclic amines) is 1. The van der Waals surface area contributed by atoms with Crippen LogP contribution in [0.3, 0.4) is 0 Å². The fraction of sp³-hybridized carbons (Fsp3) is 0.484. The molecule has 1 saturated carbocycles. The van der Waals surface area contributed by atoms with Gasteiger partial charge in [-0.25, -0.2) is 0 Å². The highest BCUT2D eigenvalue weighted by Gasteiger charge is 2.54. The van der Waals surface area contributed by atoms with Gasteiger partial charge in [-0.1, -0.05) is 25.5 Å². The third kappa shape index (κ3) is 4.17. The standard InChI is InChI=1S/C31H37N3O4/c1-3-38-22-10-12-26-23(17-22)24-18-31(2)25(28(29(24)33-26)19-6-4-9-21(35)16-19)11-13-27(36)34(30(31)37)15-14-32-20-7-5-8-20/h4,6,9-10,12,16-17,20,25,28,32-33,35H,3,5,7-8,11,13-15,18H2,1-2H3/t25?,28-,31+/m0/s1. The Morgan fingerprint density at radius 2 is 2.00 bits per heavy atom. The van der Waals surface area contributed by atoms with E-state index in [9.17, 15) is 14.7 Å². The van der Waals surface area contributed by atoms with Crippen LogP contribution in [0, 0.1) is 11.3 Å². The van der Waals surface area contributed by atoms with Crippen molar-refractivity contribution in [2.45, 2.75) is 64.3 Å². The third-order valence-corrected chi connectivity index (χ3v) is 9.10. The number of carbonyl (C=O) groups is 2. The van der Waals surface area contributed by atoms with Crippen LogP contribution in [0.4, 0.5) is 0 Å². The summed E-state index contributed by atoms with van der Waals surface area (Å²) in [5, 5.41) is 15.0. The molecule has 2 heterocycles. The zero-order valence-electron chi connectivity index (χ0n) is 22.3. The first-order valence-corrected chi connectivity index (χ1v) is 14.0. The summed E-state index contributed by atoms with van der Waals surface area (Å²) >= 11 is 0. The number of fused-ring (bicyclic) bond motifs is 4. The number of amides is 2. The van der Waals surface area contributed by atoms with E-state index in [1.807, 2.05) is 31.2 Å². The fourth-order valence-electron chi connectivity index (χ4n) is 6.92. The molecule has 38 heavy (non-hydrogen) atoms. The Balaban J connectivity index is 1.44. The fourth-order valence-corrected chi connectivity index (χ4v) is 6.92. The van der Waals surface area contributed by atoms with Gasteiger partial charge in [0.2, 0.25) is 11.8 Å². The molecule has 3 atom stereocenters. The van der Waals surface area contributed by atoms with E-state index in [2.05, 4.69) is 23.3 Å². The Bertz CT molecular complexity index is 1380. The molecule has 0 bridgehead atoms. The average molecular weight is 516 g/mol. The number of ether oxygens (including phenoxy) is 1. The number of rotatable bonds is 7. The molecule has 2 aromatic carbocycles. The number of H-pyrrole nitrogens is 1. The first kappa shape index (κ1) is 25.0. The zero-order valence-corrected chi connectivity index (χ0v) is 22.3. The van der Waals surface area contributed by atoms with Crippen LogP contribution < -0.4 is 10.1 Å². The van der Waals surface area contributed by atoms with Gasteiger partial charge in [0, 0.05) is 48.1 Å². The molecule has 1 saturated heterocycles. The van der Waals surface area contributed by atoms with Gasteiger partial charge in [0.15, 0.2) is 0 Å². The number of imide groups is 1. The summed E-state index contributed by atoms with van der Waals surface area (Å²) in [5.41, 5.74) is 3.38. The summed E-state index contributed by atoms with van der Waals surface area (Å²) in [6.07, 6.45) is 5.09. The number of aromatic amines is 1. The predicted octanol–water partition coefficient (Wildman–Crippen LogP) is 4.87. The first-order chi connectivity index (χ1) is 18.4. The third-order valence-electron chi connectivity index (χ3n) is 9.10. The second kappa shape index (κ2) is 9.77. The quantitative estimate of drug-likeness (QED) is 0.390. The van der Waals surface area contributed by atoms with Crippen molar-refractivity contribution in [2.24, 2.45) is 11.3 Å². The van der Waals surface area contributed by atoms with E-state index in [1.54, 1.807) is 12.1 Å². The van der Waals surface area contributed by atoms with Gasteiger partial charge in [-0.2, -0.15) is 0 Å². The summed E-state index contributed by atoms with van der Waals surface area (Å²) in [6, 6.07) is 13.9. The van der Waals surface area contributed by atoms with Crippen molar-refractivity contribution in [1.82, 2.24) is 15.2 Å². The number of hydrogen-bond acceptors (Lipinski definition) is 5. The minimum Gasteiger partial charge on any atom is -0.508 e. The molecule has 7 heteroatoms. The second-order valence-corrected chi connectivity index (χ2v) is 11.4. The summed E-state index contributed by atoms with van der Waals surface area (Å²) in [7, 11) is 0. The lowest BCUT2D eigenvalue weighted by Crippen LogP contribution is -2.52. The van der Waals surface area contributed by atoms with Crippen molar-refractivity contribution in [3.05, 3.63) is 59.3 Å². The SMILES string of the molecule is CCOc1ccc2[nH]c3c(c2c1)C[C@@]1(C)C(=O)N(CCNC2CCC2)C(=O)CCC1[C@@H]3c1cccc(O)c1. The van der Waals surface area contributed by atoms with Gasteiger partial charge in [-0.05, 0) is 80.0 Å². The Morgan fingerprint density at radius 1 is 1.16 bits per heavy atom. The molecule has 2 aliphatic carbocycles. The Hall–Kier alpha value is -3.32. The van der Waals surface area contributed by atoms with Gasteiger partial charge in [0.25, 0.3) is 0 Å². The monoisotopic (exact) mass is 515 g/mol. The summed E-state index contributed by atoms with van der Waals surface area (Å²) in [4.78, 5) is 32.9. The summed E-state index contributed by atoms with van der Waals surface area (Å²) in [6.45, 7) is 5.64. The molecular formula is C31H37N3O4. The number of aromatic hydroxyl groups is 1. The minimum absolute atomic E-state index is 0.0773. The largest absolute Gasteiger partial charge is 0.508 e. The maximum absolute atomic E-state index is 14.3. The molecule has 200 valence electrons. The molecule has 7 nitrogen and oxygen atoms in total. The first-order valence-electron chi connectivity index (χ1n) is 14.0. The predicted molar refractivity (Wildman–Crippen MR) is 146 cm³/mol. The van der Waals surface area contributed by atoms with Crippen molar-refractivity contribution in [1.29, 1.82) is 0 Å². The summed E-state index contributed by atoms with van der Waals surface area (Å²) in [5.74, 6) is 0.607. The van der Waals surface area contributed by atoms with Crippen LogP contribution in [-0.4, -0.2) is 52.5 Å². The average Bonchev–Trinajstić information content (AvgIpc) is 3.18. The van der Waals surface area contributed by atoms with Crippen LogP contribution in [0.1, 0.15) is 68.7 Å². The van der Waals surface area contributed by atoms with Crippen molar-refractivity contribution in [2.75, 3.05) is 19.7 Å². The molecule has 3 aliphatic rings. The number of aromatic nitrogens is 1. The summed E-state index contributed by atoms with van der Waals surface area (Å²) < 4.78 is 5.81. The molecule has 3 aromatic rings. The van der Waals surface area contributed by atoms with Gasteiger partial charge >= 0.3 is 0 Å². The van der Waals surface area contributed by atoms with Crippen LogP contribution >= 0.6 is 0 Å². The van der Waals surface area contributed by atoms with E-state index >= 15 is 0 Å². The molecular weight excluding hydrogens is 478 g/mol. The van der Waals surface area contributed by atoms with Gasteiger partial charge in [-0.3, -0.25) is 14.5 Å². The topological polar surface area (TPSA) is 94.7 Å².